The second-order valence-corrected chi connectivity index (χ2v) is 11.0. The van der Waals surface area contributed by atoms with Crippen LogP contribution in [0.25, 0.3) is 0 Å². The van der Waals surface area contributed by atoms with Crippen molar-refractivity contribution in [3.63, 3.8) is 0 Å². The van der Waals surface area contributed by atoms with E-state index in [0.29, 0.717) is 33.6 Å². The van der Waals surface area contributed by atoms with Crippen LogP contribution in [0.3, 0.4) is 0 Å². The van der Waals surface area contributed by atoms with Gasteiger partial charge in [0.15, 0.2) is 5.11 Å². The Bertz CT molecular complexity index is 1370. The van der Waals surface area contributed by atoms with Gasteiger partial charge >= 0.3 is 0 Å². The van der Waals surface area contributed by atoms with Crippen LogP contribution in [-0.2, 0) is 10.2 Å². The van der Waals surface area contributed by atoms with E-state index < -0.39 is 11.8 Å². The van der Waals surface area contributed by atoms with Crippen LogP contribution in [0.15, 0.2) is 71.2 Å². The number of methoxy groups -OCH3 is 1. The Morgan fingerprint density at radius 3 is 2.08 bits per heavy atom. The number of amides is 3. The zero-order chi connectivity index (χ0) is 29.3. The van der Waals surface area contributed by atoms with Crippen LogP contribution in [0.1, 0.15) is 57.4 Å². The van der Waals surface area contributed by atoms with Gasteiger partial charge in [0.25, 0.3) is 17.7 Å². The molecule has 3 amide bonds. The highest BCUT2D eigenvalue weighted by molar-refractivity contribution is 9.10. The number of rotatable bonds is 8. The molecule has 0 fully saturated rings. The first-order valence-corrected chi connectivity index (χ1v) is 13.5. The van der Waals surface area contributed by atoms with Gasteiger partial charge in [-0.15, -0.1) is 0 Å². The third-order valence-electron chi connectivity index (χ3n) is 5.67. The minimum atomic E-state index is -0.520. The summed E-state index contributed by atoms with van der Waals surface area (Å²) in [6.07, 6.45) is 0. The fraction of sp³-hybridized carbons (Fsp3) is 0.241. The molecule has 0 aliphatic carbocycles. The zero-order valence-corrected chi connectivity index (χ0v) is 25.0. The van der Waals surface area contributed by atoms with Gasteiger partial charge in [0.1, 0.15) is 12.4 Å². The minimum Gasteiger partial charge on any atom is -0.490 e. The Labute approximate surface area is 247 Å². The van der Waals surface area contributed by atoms with E-state index in [1.165, 1.54) is 0 Å². The number of ether oxygens (including phenoxy) is 2. The van der Waals surface area contributed by atoms with E-state index in [1.807, 2.05) is 12.1 Å². The quantitative estimate of drug-likeness (QED) is 0.158. The summed E-state index contributed by atoms with van der Waals surface area (Å²) in [7, 11) is 1.55. The summed E-state index contributed by atoms with van der Waals surface area (Å²) in [5.74, 6) is -0.899. The molecule has 0 spiro atoms. The van der Waals surface area contributed by atoms with E-state index in [0.717, 1.165) is 5.56 Å². The Kier molecular flexibility index (Phi) is 10.8. The number of carbonyl (C=O) groups excluding carboxylic acids is 3. The summed E-state index contributed by atoms with van der Waals surface area (Å²) in [4.78, 5) is 37.9. The fourth-order valence-corrected chi connectivity index (χ4v) is 3.96. The summed E-state index contributed by atoms with van der Waals surface area (Å²) in [6, 6.07) is 18.8. The van der Waals surface area contributed by atoms with Crippen LogP contribution in [-0.4, -0.2) is 43.2 Å². The monoisotopic (exact) mass is 626 g/mol. The molecule has 11 heteroatoms. The molecule has 3 aromatic rings. The number of anilines is 1. The fourth-order valence-electron chi connectivity index (χ4n) is 3.46. The second-order valence-electron chi connectivity index (χ2n) is 9.70. The van der Waals surface area contributed by atoms with Crippen LogP contribution < -0.4 is 26.2 Å². The van der Waals surface area contributed by atoms with E-state index >= 15 is 0 Å². The first-order chi connectivity index (χ1) is 19.0. The number of benzene rings is 3. The predicted octanol–water partition coefficient (Wildman–Crippen LogP) is 4.97. The highest BCUT2D eigenvalue weighted by atomic mass is 79.9. The summed E-state index contributed by atoms with van der Waals surface area (Å²) < 4.78 is 11.3. The second kappa shape index (κ2) is 14.0. The number of nitrogens with one attached hydrogen (secondary N) is 4. The highest BCUT2D eigenvalue weighted by Crippen LogP contribution is 2.24. The van der Waals surface area contributed by atoms with Gasteiger partial charge in [-0.2, -0.15) is 0 Å². The van der Waals surface area contributed by atoms with Crippen molar-refractivity contribution < 1.29 is 23.9 Å². The molecule has 3 rings (SSSR count). The van der Waals surface area contributed by atoms with E-state index in [4.69, 9.17) is 21.7 Å². The van der Waals surface area contributed by atoms with Crippen molar-refractivity contribution in [1.82, 2.24) is 16.2 Å². The minimum absolute atomic E-state index is 0.00251. The van der Waals surface area contributed by atoms with E-state index in [1.54, 1.807) is 61.7 Å². The van der Waals surface area contributed by atoms with Gasteiger partial charge in [0.2, 0.25) is 0 Å². The van der Waals surface area contributed by atoms with Crippen LogP contribution in [0, 0.1) is 0 Å². The van der Waals surface area contributed by atoms with Crippen LogP contribution in [0.2, 0.25) is 0 Å². The third-order valence-corrected chi connectivity index (χ3v) is 6.36. The van der Waals surface area contributed by atoms with Gasteiger partial charge in [-0.3, -0.25) is 30.6 Å². The number of carbonyl (C=O) groups is 3. The molecule has 210 valence electrons. The molecule has 0 aromatic heterocycles. The predicted molar refractivity (Wildman–Crippen MR) is 162 cm³/mol. The van der Waals surface area contributed by atoms with Gasteiger partial charge in [0, 0.05) is 28.4 Å². The van der Waals surface area contributed by atoms with Gasteiger partial charge in [-0.25, -0.2) is 0 Å². The lowest BCUT2D eigenvalue weighted by molar-refractivity contribution is 0.0933. The van der Waals surface area contributed by atoms with E-state index in [2.05, 4.69) is 58.2 Å². The average molecular weight is 628 g/mol. The first kappa shape index (κ1) is 30.7. The van der Waals surface area contributed by atoms with Crippen molar-refractivity contribution in [2.24, 2.45) is 0 Å². The summed E-state index contributed by atoms with van der Waals surface area (Å²) in [6.45, 7) is 6.96. The Morgan fingerprint density at radius 1 is 0.825 bits per heavy atom. The molecule has 9 nitrogen and oxygen atoms in total. The number of hydrazine groups is 1. The molecule has 40 heavy (non-hydrogen) atoms. The molecule has 4 N–H and O–H groups in total. The molecule has 0 bridgehead atoms. The lowest BCUT2D eigenvalue weighted by Crippen LogP contribution is -2.48. The van der Waals surface area contributed by atoms with Crippen molar-refractivity contribution in [1.29, 1.82) is 0 Å². The van der Waals surface area contributed by atoms with Gasteiger partial charge < -0.3 is 14.8 Å². The maximum Gasteiger partial charge on any atom is 0.269 e. The molecular weight excluding hydrogens is 596 g/mol. The van der Waals surface area contributed by atoms with Gasteiger partial charge in [0.05, 0.1) is 12.2 Å². The largest absolute Gasteiger partial charge is 0.490 e. The number of hydrogen-bond acceptors (Lipinski definition) is 6. The lowest BCUT2D eigenvalue weighted by Gasteiger charge is -2.19. The Morgan fingerprint density at radius 2 is 1.45 bits per heavy atom. The smallest absolute Gasteiger partial charge is 0.269 e. The average Bonchev–Trinajstić information content (AvgIpc) is 2.92. The number of hydrogen-bond donors (Lipinski definition) is 4. The summed E-state index contributed by atoms with van der Waals surface area (Å²) in [5, 5.41) is 5.22. The summed E-state index contributed by atoms with van der Waals surface area (Å²) in [5.41, 5.74) is 7.72. The maximum absolute atomic E-state index is 12.7. The molecule has 0 heterocycles. The molecule has 0 aliphatic rings. The number of thiocarbonyl (C=S) groups is 1. The molecule has 0 saturated carbocycles. The topological polar surface area (TPSA) is 118 Å². The Balaban J connectivity index is 1.52. The maximum atomic E-state index is 12.7. The van der Waals surface area contributed by atoms with Crippen LogP contribution >= 0.6 is 28.1 Å². The van der Waals surface area contributed by atoms with E-state index in [-0.39, 0.29) is 28.6 Å². The van der Waals surface area contributed by atoms with Crippen molar-refractivity contribution in [3.8, 4) is 5.75 Å². The number of halogens is 1. The zero-order valence-electron chi connectivity index (χ0n) is 22.6. The molecule has 0 aliphatic heterocycles. The molecule has 0 unspecified atom stereocenters. The molecule has 0 atom stereocenters. The highest BCUT2D eigenvalue weighted by Gasteiger charge is 2.16. The standard InChI is InChI=1S/C29H31BrN4O5S/c1-29(2,3)20-9-5-18(6-10-20)25(35)31-22-12-7-19(8-13-22)26(36)33-34-28(40)32-27(37)23-17-21(30)11-14-24(23)39-16-15-38-4/h5-14,17H,15-16H2,1-4H3,(H,31,35)(H,33,36)(H2,32,34,37,40). The van der Waals surface area contributed by atoms with E-state index in [9.17, 15) is 14.4 Å². The van der Waals surface area contributed by atoms with Crippen LogP contribution in [0.4, 0.5) is 5.69 Å². The summed E-state index contributed by atoms with van der Waals surface area (Å²) >= 11 is 8.48. The molecule has 3 aromatic carbocycles. The first-order valence-electron chi connectivity index (χ1n) is 12.3. The lowest BCUT2D eigenvalue weighted by atomic mass is 9.87. The van der Waals surface area contributed by atoms with Gasteiger partial charge in [-0.1, -0.05) is 48.8 Å². The normalized spacial score (nSPS) is 10.8. The molecule has 0 radical (unpaired) electrons. The van der Waals surface area contributed by atoms with Crippen molar-refractivity contribution in [2.75, 3.05) is 25.6 Å². The molecular formula is C29H31BrN4O5S. The third kappa shape index (κ3) is 8.87. The Hall–Kier alpha value is -3.80. The van der Waals surface area contributed by atoms with Crippen molar-refractivity contribution in [2.45, 2.75) is 26.2 Å². The van der Waals surface area contributed by atoms with Crippen LogP contribution in [0.5, 0.6) is 5.75 Å². The van der Waals surface area contributed by atoms with Crippen molar-refractivity contribution in [3.05, 3.63) is 93.5 Å². The SMILES string of the molecule is COCCOc1ccc(Br)cc1C(=O)NC(=S)NNC(=O)c1ccc(NC(=O)c2ccc(C(C)(C)C)cc2)cc1. The van der Waals surface area contributed by atoms with Gasteiger partial charge in [-0.05, 0) is 77.8 Å². The molecule has 0 saturated heterocycles. The van der Waals surface area contributed by atoms with Crippen molar-refractivity contribution >= 4 is 56.7 Å².